The van der Waals surface area contributed by atoms with Crippen LogP contribution in [0, 0.1) is 0 Å². The third-order valence-corrected chi connectivity index (χ3v) is 2.41. The second kappa shape index (κ2) is 7.97. The van der Waals surface area contributed by atoms with Crippen LogP contribution in [0.4, 0.5) is 0 Å². The average molecular weight is 257 g/mol. The maximum absolute atomic E-state index is 5.23. The quantitative estimate of drug-likeness (QED) is 0.494. The van der Waals surface area contributed by atoms with E-state index in [1.807, 2.05) is 13.8 Å². The Hall–Kier alpha value is -1.21. The Morgan fingerprint density at radius 1 is 1.65 bits per heavy atom. The van der Waals surface area contributed by atoms with Crippen LogP contribution in [-0.4, -0.2) is 40.1 Å². The van der Waals surface area contributed by atoms with E-state index in [1.54, 1.807) is 0 Å². The van der Waals surface area contributed by atoms with E-state index in [-0.39, 0.29) is 6.04 Å². The van der Waals surface area contributed by atoms with Gasteiger partial charge in [0.15, 0.2) is 5.11 Å². The monoisotopic (exact) mass is 257 g/mol. The summed E-state index contributed by atoms with van der Waals surface area (Å²) in [5.74, 6) is 0.767. The van der Waals surface area contributed by atoms with E-state index in [9.17, 15) is 0 Å². The van der Waals surface area contributed by atoms with Crippen LogP contribution >= 0.6 is 12.2 Å². The molecule has 0 aliphatic rings. The minimum absolute atomic E-state index is 0.0180. The van der Waals surface area contributed by atoms with E-state index in [0.29, 0.717) is 5.11 Å². The predicted molar refractivity (Wildman–Crippen MR) is 69.6 cm³/mol. The Labute approximate surface area is 107 Å². The molecule has 0 saturated carbocycles. The molecule has 0 spiro atoms. The van der Waals surface area contributed by atoms with Gasteiger partial charge in [-0.05, 0) is 32.5 Å². The summed E-state index contributed by atoms with van der Waals surface area (Å²) in [5.41, 5.74) is 0. The van der Waals surface area contributed by atoms with Crippen molar-refractivity contribution in [3.05, 3.63) is 12.2 Å². The number of nitrogens with zero attached hydrogens (tertiary/aromatic N) is 2. The highest BCUT2D eigenvalue weighted by atomic mass is 32.1. The predicted octanol–water partition coefficient (Wildman–Crippen LogP) is 0.756. The number of hydrogen-bond donors (Lipinski definition) is 3. The summed E-state index contributed by atoms with van der Waals surface area (Å²) in [6.45, 7) is 6.26. The summed E-state index contributed by atoms with van der Waals surface area (Å²) < 4.78 is 5.23. The molecule has 7 heteroatoms. The summed E-state index contributed by atoms with van der Waals surface area (Å²) >= 11 is 5.16. The average Bonchev–Trinajstić information content (AvgIpc) is 2.82. The third-order valence-electron chi connectivity index (χ3n) is 2.15. The number of thiocarbonyl (C=S) groups is 1. The fourth-order valence-corrected chi connectivity index (χ4v) is 1.54. The molecule has 0 amide bonds. The van der Waals surface area contributed by atoms with Gasteiger partial charge in [0, 0.05) is 19.8 Å². The molecule has 1 unspecified atom stereocenters. The number of ether oxygens (including phenoxy) is 1. The fraction of sp³-hybridized carbons (Fsp3) is 0.700. The number of H-pyrrole nitrogens is 1. The Morgan fingerprint density at radius 3 is 3.12 bits per heavy atom. The summed E-state index contributed by atoms with van der Waals surface area (Å²) in [7, 11) is 0. The summed E-state index contributed by atoms with van der Waals surface area (Å²) in [6.07, 6.45) is 2.42. The summed E-state index contributed by atoms with van der Waals surface area (Å²) in [6, 6.07) is 0.0180. The second-order valence-corrected chi connectivity index (χ2v) is 3.95. The van der Waals surface area contributed by atoms with Crippen molar-refractivity contribution in [2.45, 2.75) is 26.3 Å². The lowest BCUT2D eigenvalue weighted by molar-refractivity contribution is 0.145. The highest BCUT2D eigenvalue weighted by molar-refractivity contribution is 7.80. The van der Waals surface area contributed by atoms with Crippen LogP contribution in [0.5, 0.6) is 0 Å². The van der Waals surface area contributed by atoms with Crippen LogP contribution in [-0.2, 0) is 4.74 Å². The molecule has 0 fully saturated rings. The van der Waals surface area contributed by atoms with Gasteiger partial charge in [-0.15, -0.1) is 0 Å². The molecule has 0 aliphatic carbocycles. The van der Waals surface area contributed by atoms with Gasteiger partial charge in [0.25, 0.3) is 0 Å². The Kier molecular flexibility index (Phi) is 6.49. The molecule has 0 radical (unpaired) electrons. The van der Waals surface area contributed by atoms with Crippen LogP contribution in [0.1, 0.15) is 32.1 Å². The van der Waals surface area contributed by atoms with Crippen molar-refractivity contribution in [1.29, 1.82) is 0 Å². The van der Waals surface area contributed by atoms with Crippen LogP contribution < -0.4 is 10.6 Å². The van der Waals surface area contributed by atoms with E-state index in [1.165, 1.54) is 6.33 Å². The van der Waals surface area contributed by atoms with Gasteiger partial charge in [-0.3, -0.25) is 5.10 Å². The Balaban J connectivity index is 2.12. The first kappa shape index (κ1) is 13.9. The lowest BCUT2D eigenvalue weighted by atomic mass is 10.3. The fourth-order valence-electron chi connectivity index (χ4n) is 1.26. The first-order chi connectivity index (χ1) is 8.24. The summed E-state index contributed by atoms with van der Waals surface area (Å²) in [4.78, 5) is 4.05. The van der Waals surface area contributed by atoms with Gasteiger partial charge in [0.2, 0.25) is 0 Å². The number of rotatable bonds is 7. The van der Waals surface area contributed by atoms with E-state index in [0.717, 1.165) is 32.0 Å². The standard InChI is InChI=1S/C10H19N5OS/c1-3-16-6-4-5-11-10(17)14-8(2)9-12-7-13-15-9/h7-8H,3-6H2,1-2H3,(H2,11,14,17)(H,12,13,15). The minimum Gasteiger partial charge on any atom is -0.382 e. The normalized spacial score (nSPS) is 12.1. The van der Waals surface area contributed by atoms with Gasteiger partial charge in [-0.1, -0.05) is 0 Å². The molecular weight excluding hydrogens is 238 g/mol. The molecule has 0 saturated heterocycles. The SMILES string of the molecule is CCOCCCNC(=S)NC(C)c1ncn[nH]1. The van der Waals surface area contributed by atoms with E-state index in [2.05, 4.69) is 25.8 Å². The van der Waals surface area contributed by atoms with Gasteiger partial charge < -0.3 is 15.4 Å². The largest absolute Gasteiger partial charge is 0.382 e. The second-order valence-electron chi connectivity index (χ2n) is 3.54. The van der Waals surface area contributed by atoms with Crippen LogP contribution in [0.2, 0.25) is 0 Å². The Morgan fingerprint density at radius 2 is 2.47 bits per heavy atom. The van der Waals surface area contributed by atoms with Crippen molar-refractivity contribution in [2.75, 3.05) is 19.8 Å². The van der Waals surface area contributed by atoms with Gasteiger partial charge in [-0.25, -0.2) is 4.98 Å². The maximum Gasteiger partial charge on any atom is 0.166 e. The molecule has 0 aromatic carbocycles. The smallest absolute Gasteiger partial charge is 0.166 e. The molecule has 0 bridgehead atoms. The molecule has 0 aliphatic heterocycles. The number of hydrogen-bond acceptors (Lipinski definition) is 4. The van der Waals surface area contributed by atoms with Crippen molar-refractivity contribution < 1.29 is 4.74 Å². The molecule has 96 valence electrons. The van der Waals surface area contributed by atoms with Crippen molar-refractivity contribution in [3.8, 4) is 0 Å². The van der Waals surface area contributed by atoms with Gasteiger partial charge >= 0.3 is 0 Å². The van der Waals surface area contributed by atoms with Crippen LogP contribution in [0.3, 0.4) is 0 Å². The topological polar surface area (TPSA) is 74.9 Å². The molecule has 1 rings (SSSR count). The molecule has 1 aromatic rings. The lowest BCUT2D eigenvalue weighted by Crippen LogP contribution is -2.37. The van der Waals surface area contributed by atoms with Crippen molar-refractivity contribution in [3.63, 3.8) is 0 Å². The minimum atomic E-state index is 0.0180. The van der Waals surface area contributed by atoms with Crippen molar-refractivity contribution in [2.24, 2.45) is 0 Å². The molecular formula is C10H19N5OS. The highest BCUT2D eigenvalue weighted by Gasteiger charge is 2.08. The van der Waals surface area contributed by atoms with Crippen molar-refractivity contribution >= 4 is 17.3 Å². The zero-order valence-electron chi connectivity index (χ0n) is 10.2. The first-order valence-corrected chi connectivity index (χ1v) is 6.12. The molecule has 1 heterocycles. The van der Waals surface area contributed by atoms with E-state index in [4.69, 9.17) is 17.0 Å². The molecule has 1 atom stereocenters. The molecule has 1 aromatic heterocycles. The Bertz CT molecular complexity index is 317. The number of aromatic nitrogens is 3. The maximum atomic E-state index is 5.23. The zero-order chi connectivity index (χ0) is 12.5. The lowest BCUT2D eigenvalue weighted by Gasteiger charge is -2.14. The number of aromatic amines is 1. The summed E-state index contributed by atoms with van der Waals surface area (Å²) in [5, 5.41) is 13.4. The zero-order valence-corrected chi connectivity index (χ0v) is 11.0. The number of nitrogens with one attached hydrogen (secondary N) is 3. The third kappa shape index (κ3) is 5.60. The highest BCUT2D eigenvalue weighted by Crippen LogP contribution is 2.02. The van der Waals surface area contributed by atoms with Crippen molar-refractivity contribution in [1.82, 2.24) is 25.8 Å². The molecule has 3 N–H and O–H groups in total. The van der Waals surface area contributed by atoms with Crippen LogP contribution in [0.15, 0.2) is 6.33 Å². The van der Waals surface area contributed by atoms with Gasteiger partial charge in [-0.2, -0.15) is 5.10 Å². The molecule has 6 nitrogen and oxygen atoms in total. The van der Waals surface area contributed by atoms with Gasteiger partial charge in [0.1, 0.15) is 12.2 Å². The van der Waals surface area contributed by atoms with E-state index < -0.39 is 0 Å². The van der Waals surface area contributed by atoms with Gasteiger partial charge in [0.05, 0.1) is 6.04 Å². The first-order valence-electron chi connectivity index (χ1n) is 5.71. The molecule has 17 heavy (non-hydrogen) atoms. The van der Waals surface area contributed by atoms with E-state index >= 15 is 0 Å². The van der Waals surface area contributed by atoms with Crippen LogP contribution in [0.25, 0.3) is 0 Å².